The molecule has 24 heavy (non-hydrogen) atoms. The van der Waals surface area contributed by atoms with Crippen LogP contribution in [0.25, 0.3) is 0 Å². The molecule has 2 unspecified atom stereocenters. The van der Waals surface area contributed by atoms with Gasteiger partial charge in [0.25, 0.3) is 0 Å². The molecule has 0 saturated carbocycles. The summed E-state index contributed by atoms with van der Waals surface area (Å²) in [5.74, 6) is -4.54. The Hall–Kier alpha value is -2.34. The first-order valence-corrected chi connectivity index (χ1v) is 7.45. The summed E-state index contributed by atoms with van der Waals surface area (Å²) in [7, 11) is 0. The third kappa shape index (κ3) is 9.63. The average Bonchev–Trinajstić information content (AvgIpc) is 2.52. The van der Waals surface area contributed by atoms with E-state index in [-0.39, 0.29) is 12.2 Å². The van der Waals surface area contributed by atoms with Crippen LogP contribution < -0.4 is 21.7 Å². The molecule has 0 radical (unpaired) electrons. The first-order valence-electron chi connectivity index (χ1n) is 6.82. The lowest BCUT2D eigenvalue weighted by Gasteiger charge is -2.14. The fourth-order valence-electron chi connectivity index (χ4n) is 1.39. The van der Waals surface area contributed by atoms with Gasteiger partial charge in [-0.15, -0.1) is 0 Å². The Balaban J connectivity index is 4.17. The minimum atomic E-state index is -1.39. The molecule has 0 aromatic rings. The van der Waals surface area contributed by atoms with E-state index in [2.05, 4.69) is 28.6 Å². The fourth-order valence-corrected chi connectivity index (χ4v) is 1.56. The number of amides is 3. The van der Waals surface area contributed by atoms with Crippen molar-refractivity contribution in [3.63, 3.8) is 0 Å². The minimum absolute atomic E-state index is 0.1000. The molecule has 7 N–H and O–H groups in total. The molecule has 0 bridgehead atoms. The first kappa shape index (κ1) is 21.7. The highest BCUT2D eigenvalue weighted by atomic mass is 32.1. The van der Waals surface area contributed by atoms with Gasteiger partial charge in [0, 0.05) is 12.2 Å². The summed E-state index contributed by atoms with van der Waals surface area (Å²) >= 11 is 3.82. The van der Waals surface area contributed by atoms with Gasteiger partial charge >= 0.3 is 11.9 Å². The molecule has 0 fully saturated rings. The lowest BCUT2D eigenvalue weighted by Crippen LogP contribution is -2.48. The average molecular weight is 364 g/mol. The van der Waals surface area contributed by atoms with E-state index >= 15 is 0 Å². The number of carboxylic acids is 2. The SMILES string of the molecule is NC(CS)C(=O)NCC(=O)NCC(=O)NC(CCC(=O)O)C(=O)O. The molecule has 0 rings (SSSR count). The van der Waals surface area contributed by atoms with Crippen LogP contribution in [0.1, 0.15) is 12.8 Å². The van der Waals surface area contributed by atoms with E-state index in [4.69, 9.17) is 15.9 Å². The first-order chi connectivity index (χ1) is 11.2. The second-order valence-corrected chi connectivity index (χ2v) is 5.04. The number of hydrogen-bond donors (Lipinski definition) is 7. The van der Waals surface area contributed by atoms with E-state index in [9.17, 15) is 24.0 Å². The van der Waals surface area contributed by atoms with Crippen molar-refractivity contribution in [1.29, 1.82) is 0 Å². The van der Waals surface area contributed by atoms with Gasteiger partial charge in [0.05, 0.1) is 19.1 Å². The van der Waals surface area contributed by atoms with E-state index in [1.165, 1.54) is 0 Å². The second-order valence-electron chi connectivity index (χ2n) is 4.67. The molecule has 12 heteroatoms. The zero-order valence-electron chi connectivity index (χ0n) is 12.7. The predicted octanol–water partition coefficient (Wildman–Crippen LogP) is -3.09. The summed E-state index contributed by atoms with van der Waals surface area (Å²) in [6.07, 6.45) is -0.719. The Morgan fingerprint density at radius 3 is 2.08 bits per heavy atom. The second kappa shape index (κ2) is 11.2. The number of carbonyl (C=O) groups is 5. The van der Waals surface area contributed by atoms with Gasteiger partial charge in [-0.2, -0.15) is 12.6 Å². The summed E-state index contributed by atoms with van der Waals surface area (Å²) in [5, 5.41) is 23.9. The maximum Gasteiger partial charge on any atom is 0.326 e. The molecular formula is C12H20N4O7S. The van der Waals surface area contributed by atoms with Crippen molar-refractivity contribution in [3.8, 4) is 0 Å². The molecule has 0 heterocycles. The Morgan fingerprint density at radius 1 is 1.00 bits per heavy atom. The van der Waals surface area contributed by atoms with E-state index in [0.717, 1.165) is 0 Å². The fraction of sp³-hybridized carbons (Fsp3) is 0.583. The van der Waals surface area contributed by atoms with Crippen molar-refractivity contribution in [1.82, 2.24) is 16.0 Å². The van der Waals surface area contributed by atoms with Crippen LogP contribution in [0, 0.1) is 0 Å². The lowest BCUT2D eigenvalue weighted by molar-refractivity contribution is -0.143. The molecule has 3 amide bonds. The topological polar surface area (TPSA) is 188 Å². The van der Waals surface area contributed by atoms with Crippen LogP contribution in [0.15, 0.2) is 0 Å². The van der Waals surface area contributed by atoms with Crippen LogP contribution in [0.2, 0.25) is 0 Å². The highest BCUT2D eigenvalue weighted by molar-refractivity contribution is 7.80. The number of carbonyl (C=O) groups excluding carboxylic acids is 3. The number of hydrogen-bond acceptors (Lipinski definition) is 7. The van der Waals surface area contributed by atoms with Crippen LogP contribution in [-0.4, -0.2) is 70.8 Å². The predicted molar refractivity (Wildman–Crippen MR) is 84.3 cm³/mol. The monoisotopic (exact) mass is 364 g/mol. The van der Waals surface area contributed by atoms with Crippen molar-refractivity contribution in [2.45, 2.75) is 24.9 Å². The van der Waals surface area contributed by atoms with Gasteiger partial charge in [0.15, 0.2) is 0 Å². The molecule has 0 spiro atoms. The van der Waals surface area contributed by atoms with Crippen molar-refractivity contribution < 1.29 is 34.2 Å². The van der Waals surface area contributed by atoms with Crippen LogP contribution in [0.3, 0.4) is 0 Å². The third-order valence-electron chi connectivity index (χ3n) is 2.68. The standard InChI is InChI=1S/C12H20N4O7S/c13-6(5-24)11(21)15-3-8(17)14-4-9(18)16-7(12(22)23)1-2-10(19)20/h6-7,24H,1-5,13H2,(H,14,17)(H,15,21)(H,16,18)(H,19,20)(H,22,23). The molecule has 0 aromatic carbocycles. The largest absolute Gasteiger partial charge is 0.481 e. The number of thiol groups is 1. The van der Waals surface area contributed by atoms with Crippen molar-refractivity contribution in [3.05, 3.63) is 0 Å². The molecule has 0 aromatic heterocycles. The van der Waals surface area contributed by atoms with Crippen molar-refractivity contribution >= 4 is 42.3 Å². The highest BCUT2D eigenvalue weighted by Gasteiger charge is 2.21. The number of nitrogens with one attached hydrogen (secondary N) is 3. The summed E-state index contributed by atoms with van der Waals surface area (Å²) in [6.45, 7) is -0.931. The van der Waals surface area contributed by atoms with Gasteiger partial charge < -0.3 is 31.9 Å². The molecule has 2 atom stereocenters. The third-order valence-corrected chi connectivity index (χ3v) is 3.08. The molecule has 0 saturated heterocycles. The van der Waals surface area contributed by atoms with Gasteiger partial charge in [0.2, 0.25) is 17.7 Å². The van der Waals surface area contributed by atoms with Crippen LogP contribution in [0.5, 0.6) is 0 Å². The quantitative estimate of drug-likeness (QED) is 0.188. The van der Waals surface area contributed by atoms with Crippen molar-refractivity contribution in [2.24, 2.45) is 5.73 Å². The van der Waals surface area contributed by atoms with Gasteiger partial charge in [-0.3, -0.25) is 19.2 Å². The number of nitrogens with two attached hydrogens (primary N) is 1. The van der Waals surface area contributed by atoms with E-state index in [1.807, 2.05) is 0 Å². The van der Waals surface area contributed by atoms with Gasteiger partial charge in [-0.1, -0.05) is 0 Å². The zero-order valence-corrected chi connectivity index (χ0v) is 13.5. The Labute approximate surface area is 142 Å². The van der Waals surface area contributed by atoms with E-state index in [0.29, 0.717) is 0 Å². The Kier molecular flexibility index (Phi) is 10.1. The summed E-state index contributed by atoms with van der Waals surface area (Å²) in [5.41, 5.74) is 5.38. The smallest absolute Gasteiger partial charge is 0.326 e. The van der Waals surface area contributed by atoms with Crippen LogP contribution in [-0.2, 0) is 24.0 Å². The maximum atomic E-state index is 11.5. The normalized spacial score (nSPS) is 12.6. The maximum absolute atomic E-state index is 11.5. The zero-order chi connectivity index (χ0) is 18.7. The molecular weight excluding hydrogens is 344 g/mol. The van der Waals surface area contributed by atoms with Gasteiger partial charge in [-0.25, -0.2) is 4.79 Å². The number of rotatable bonds is 11. The molecule has 0 aliphatic rings. The lowest BCUT2D eigenvalue weighted by atomic mass is 10.1. The van der Waals surface area contributed by atoms with E-state index < -0.39 is 61.3 Å². The molecule has 11 nitrogen and oxygen atoms in total. The number of carboxylic acid groups (broad SMARTS) is 2. The molecule has 136 valence electrons. The van der Waals surface area contributed by atoms with Crippen LogP contribution >= 0.6 is 12.6 Å². The van der Waals surface area contributed by atoms with Crippen LogP contribution in [0.4, 0.5) is 0 Å². The summed E-state index contributed by atoms with van der Waals surface area (Å²) < 4.78 is 0. The molecule has 0 aliphatic heterocycles. The minimum Gasteiger partial charge on any atom is -0.481 e. The number of aliphatic carboxylic acids is 2. The van der Waals surface area contributed by atoms with Gasteiger partial charge in [0.1, 0.15) is 6.04 Å². The Morgan fingerprint density at radius 2 is 1.58 bits per heavy atom. The molecule has 0 aliphatic carbocycles. The van der Waals surface area contributed by atoms with Crippen molar-refractivity contribution in [2.75, 3.05) is 18.8 Å². The van der Waals surface area contributed by atoms with Gasteiger partial charge in [-0.05, 0) is 6.42 Å². The highest BCUT2D eigenvalue weighted by Crippen LogP contribution is 1.97. The van der Waals surface area contributed by atoms with E-state index in [1.54, 1.807) is 0 Å². The summed E-state index contributed by atoms with van der Waals surface area (Å²) in [4.78, 5) is 55.6. The summed E-state index contributed by atoms with van der Waals surface area (Å²) in [6, 6.07) is -2.24. The Bertz CT molecular complexity index is 500.